The van der Waals surface area contributed by atoms with Crippen LogP contribution in [0.15, 0.2) is 29.3 Å². The minimum Gasteiger partial charge on any atom is -0.496 e. The predicted octanol–water partition coefficient (Wildman–Crippen LogP) is 2.81. The zero-order valence-electron chi connectivity index (χ0n) is 17.2. The van der Waals surface area contributed by atoms with Crippen LogP contribution in [0, 0.1) is 0 Å². The van der Waals surface area contributed by atoms with Crippen molar-refractivity contribution in [3.63, 3.8) is 0 Å². The molecular formula is C21H36N4O2. The Bertz CT molecular complexity index is 559. The summed E-state index contributed by atoms with van der Waals surface area (Å²) in [7, 11) is 1.74. The van der Waals surface area contributed by atoms with Gasteiger partial charge in [-0.1, -0.05) is 18.2 Å². The fraction of sp³-hybridized carbons (Fsp3) is 0.667. The van der Waals surface area contributed by atoms with E-state index in [-0.39, 0.29) is 6.04 Å². The molecule has 1 aromatic carbocycles. The van der Waals surface area contributed by atoms with Crippen molar-refractivity contribution in [1.29, 1.82) is 0 Å². The summed E-state index contributed by atoms with van der Waals surface area (Å²) in [6.07, 6.45) is 3.48. The van der Waals surface area contributed by atoms with Crippen molar-refractivity contribution >= 4 is 5.96 Å². The van der Waals surface area contributed by atoms with Crippen LogP contribution in [0.2, 0.25) is 0 Å². The number of guanidine groups is 1. The van der Waals surface area contributed by atoms with Crippen LogP contribution in [0.1, 0.15) is 44.7 Å². The summed E-state index contributed by atoms with van der Waals surface area (Å²) in [5.74, 6) is 1.81. The predicted molar refractivity (Wildman–Crippen MR) is 112 cm³/mol. The van der Waals surface area contributed by atoms with Crippen molar-refractivity contribution in [3.05, 3.63) is 29.8 Å². The third-order valence-electron chi connectivity index (χ3n) is 4.81. The van der Waals surface area contributed by atoms with E-state index in [2.05, 4.69) is 34.6 Å². The van der Waals surface area contributed by atoms with Crippen LogP contribution in [-0.2, 0) is 4.74 Å². The Morgan fingerprint density at radius 3 is 2.67 bits per heavy atom. The fourth-order valence-corrected chi connectivity index (χ4v) is 3.45. The van der Waals surface area contributed by atoms with Crippen molar-refractivity contribution in [2.45, 2.75) is 39.2 Å². The second-order valence-corrected chi connectivity index (χ2v) is 6.70. The Kier molecular flexibility index (Phi) is 10.0. The summed E-state index contributed by atoms with van der Waals surface area (Å²) >= 11 is 0. The third-order valence-corrected chi connectivity index (χ3v) is 4.81. The summed E-state index contributed by atoms with van der Waals surface area (Å²) in [4.78, 5) is 7.41. The topological polar surface area (TPSA) is 58.1 Å². The fourth-order valence-electron chi connectivity index (χ4n) is 3.45. The van der Waals surface area contributed by atoms with Gasteiger partial charge in [0.15, 0.2) is 5.96 Å². The molecule has 0 amide bonds. The SMILES string of the molecule is CCNC(=NCC(c1ccccc1OC)N1CCCC1)NCCCOCC. The molecule has 27 heavy (non-hydrogen) atoms. The van der Waals surface area contributed by atoms with Crippen LogP contribution in [0.3, 0.4) is 0 Å². The first-order chi connectivity index (χ1) is 13.3. The van der Waals surface area contributed by atoms with Crippen LogP contribution in [-0.4, -0.2) is 63.9 Å². The second-order valence-electron chi connectivity index (χ2n) is 6.70. The largest absolute Gasteiger partial charge is 0.496 e. The highest BCUT2D eigenvalue weighted by Gasteiger charge is 2.25. The molecule has 1 aliphatic heterocycles. The van der Waals surface area contributed by atoms with Gasteiger partial charge in [-0.3, -0.25) is 9.89 Å². The van der Waals surface area contributed by atoms with Gasteiger partial charge >= 0.3 is 0 Å². The first kappa shape index (κ1) is 21.5. The quantitative estimate of drug-likeness (QED) is 0.353. The van der Waals surface area contributed by atoms with Crippen molar-refractivity contribution < 1.29 is 9.47 Å². The van der Waals surface area contributed by atoms with Gasteiger partial charge in [0.05, 0.1) is 19.7 Å². The number of rotatable bonds is 11. The van der Waals surface area contributed by atoms with E-state index in [1.54, 1.807) is 7.11 Å². The lowest BCUT2D eigenvalue weighted by Gasteiger charge is -2.28. The first-order valence-electron chi connectivity index (χ1n) is 10.3. The summed E-state index contributed by atoms with van der Waals surface area (Å²) in [5, 5.41) is 6.76. The van der Waals surface area contributed by atoms with Gasteiger partial charge in [-0.15, -0.1) is 0 Å². The molecule has 152 valence electrons. The van der Waals surface area contributed by atoms with Crippen molar-refractivity contribution in [3.8, 4) is 5.75 Å². The Morgan fingerprint density at radius 2 is 1.96 bits per heavy atom. The second kappa shape index (κ2) is 12.6. The van der Waals surface area contributed by atoms with E-state index < -0.39 is 0 Å². The molecule has 1 fully saturated rings. The summed E-state index contributed by atoms with van der Waals surface area (Å²) in [6.45, 7) is 10.3. The highest BCUT2D eigenvalue weighted by molar-refractivity contribution is 5.79. The average Bonchev–Trinajstić information content (AvgIpc) is 3.22. The number of aliphatic imine (C=N–C) groups is 1. The van der Waals surface area contributed by atoms with Gasteiger partial charge in [-0.25, -0.2) is 0 Å². The monoisotopic (exact) mass is 376 g/mol. The van der Waals surface area contributed by atoms with Gasteiger partial charge in [0.1, 0.15) is 5.75 Å². The zero-order chi connectivity index (χ0) is 19.3. The van der Waals surface area contributed by atoms with E-state index in [4.69, 9.17) is 14.5 Å². The zero-order valence-corrected chi connectivity index (χ0v) is 17.2. The highest BCUT2D eigenvalue weighted by atomic mass is 16.5. The van der Waals surface area contributed by atoms with Crippen LogP contribution in [0.25, 0.3) is 0 Å². The lowest BCUT2D eigenvalue weighted by Crippen LogP contribution is -2.39. The number of para-hydroxylation sites is 1. The molecule has 0 spiro atoms. The van der Waals surface area contributed by atoms with Gasteiger partial charge in [-0.2, -0.15) is 0 Å². The molecule has 0 aromatic heterocycles. The van der Waals surface area contributed by atoms with Crippen LogP contribution < -0.4 is 15.4 Å². The maximum atomic E-state index is 5.62. The van der Waals surface area contributed by atoms with E-state index >= 15 is 0 Å². The summed E-state index contributed by atoms with van der Waals surface area (Å²) in [6, 6.07) is 8.56. The normalized spacial score (nSPS) is 16.3. The van der Waals surface area contributed by atoms with E-state index in [1.165, 1.54) is 18.4 Å². The lowest BCUT2D eigenvalue weighted by atomic mass is 10.0. The molecule has 0 bridgehead atoms. The number of nitrogens with one attached hydrogen (secondary N) is 2. The summed E-state index contributed by atoms with van der Waals surface area (Å²) < 4.78 is 11.0. The number of hydrogen-bond donors (Lipinski definition) is 2. The van der Waals surface area contributed by atoms with Crippen LogP contribution in [0.5, 0.6) is 5.75 Å². The molecule has 2 rings (SSSR count). The molecule has 1 atom stereocenters. The molecule has 0 aliphatic carbocycles. The van der Waals surface area contributed by atoms with Crippen LogP contribution >= 0.6 is 0 Å². The molecule has 0 radical (unpaired) electrons. The van der Waals surface area contributed by atoms with E-state index in [9.17, 15) is 0 Å². The van der Waals surface area contributed by atoms with E-state index in [1.807, 2.05) is 19.1 Å². The van der Waals surface area contributed by atoms with Crippen molar-refractivity contribution in [2.24, 2.45) is 4.99 Å². The first-order valence-corrected chi connectivity index (χ1v) is 10.3. The molecule has 6 nitrogen and oxygen atoms in total. The average molecular weight is 377 g/mol. The maximum Gasteiger partial charge on any atom is 0.191 e. The molecular weight excluding hydrogens is 340 g/mol. The van der Waals surface area contributed by atoms with Gasteiger partial charge in [0, 0.05) is 31.9 Å². The van der Waals surface area contributed by atoms with Gasteiger partial charge < -0.3 is 20.1 Å². The standard InChI is InChI=1S/C21H36N4O2/c1-4-22-21(23-13-10-16-27-5-2)24-17-19(25-14-8-9-15-25)18-11-6-7-12-20(18)26-3/h6-7,11-12,19H,4-5,8-10,13-17H2,1-3H3,(H2,22,23,24). The number of hydrogen-bond acceptors (Lipinski definition) is 4. The van der Waals surface area contributed by atoms with Gasteiger partial charge in [0.25, 0.3) is 0 Å². The molecule has 2 N–H and O–H groups in total. The Hall–Kier alpha value is -1.79. The Labute approximate surface area is 164 Å². The Morgan fingerprint density at radius 1 is 1.19 bits per heavy atom. The Balaban J connectivity index is 2.06. The molecule has 1 saturated heterocycles. The van der Waals surface area contributed by atoms with Gasteiger partial charge in [-0.05, 0) is 52.3 Å². The molecule has 1 aromatic rings. The number of methoxy groups -OCH3 is 1. The van der Waals surface area contributed by atoms with Crippen LogP contribution in [0.4, 0.5) is 0 Å². The molecule has 6 heteroatoms. The molecule has 1 aliphatic rings. The number of nitrogens with zero attached hydrogens (tertiary/aromatic N) is 2. The van der Waals surface area contributed by atoms with Gasteiger partial charge in [0.2, 0.25) is 0 Å². The van der Waals surface area contributed by atoms with E-state index in [0.717, 1.165) is 57.5 Å². The highest BCUT2D eigenvalue weighted by Crippen LogP contribution is 2.31. The lowest BCUT2D eigenvalue weighted by molar-refractivity contribution is 0.145. The van der Waals surface area contributed by atoms with Crippen molar-refractivity contribution in [2.75, 3.05) is 53.0 Å². The number of ether oxygens (including phenoxy) is 2. The number of likely N-dealkylation sites (tertiary alicyclic amines) is 1. The third kappa shape index (κ3) is 7.03. The maximum absolute atomic E-state index is 5.62. The summed E-state index contributed by atoms with van der Waals surface area (Å²) in [5.41, 5.74) is 1.22. The minimum absolute atomic E-state index is 0.238. The molecule has 1 unspecified atom stereocenters. The molecule has 0 saturated carbocycles. The molecule has 1 heterocycles. The minimum atomic E-state index is 0.238. The van der Waals surface area contributed by atoms with E-state index in [0.29, 0.717) is 6.54 Å². The smallest absolute Gasteiger partial charge is 0.191 e. The van der Waals surface area contributed by atoms with Crippen molar-refractivity contribution in [1.82, 2.24) is 15.5 Å². The number of benzene rings is 1.